The Labute approximate surface area is 105 Å². The number of benzene rings is 1. The number of aromatic carboxylic acids is 1. The van der Waals surface area contributed by atoms with Gasteiger partial charge in [-0.2, -0.15) is 0 Å². The van der Waals surface area contributed by atoms with E-state index in [1.54, 1.807) is 0 Å². The van der Waals surface area contributed by atoms with Crippen LogP contribution in [0.5, 0.6) is 0 Å². The SMILES string of the molecule is Nc1sc(-c2ccc([N+](=O)[O-])cc2)nc1C(=O)O. The van der Waals surface area contributed by atoms with Crippen molar-refractivity contribution in [3.63, 3.8) is 0 Å². The van der Waals surface area contributed by atoms with E-state index in [1.165, 1.54) is 24.3 Å². The summed E-state index contributed by atoms with van der Waals surface area (Å²) in [4.78, 5) is 24.6. The lowest BCUT2D eigenvalue weighted by Crippen LogP contribution is -2.00. The van der Waals surface area contributed by atoms with Crippen LogP contribution in [0.15, 0.2) is 24.3 Å². The number of carboxylic acids is 1. The molecular formula is C10H7N3O4S. The van der Waals surface area contributed by atoms with Gasteiger partial charge in [0.25, 0.3) is 5.69 Å². The normalized spacial score (nSPS) is 10.2. The zero-order valence-corrected chi connectivity index (χ0v) is 9.68. The Balaban J connectivity index is 2.40. The molecule has 0 atom stereocenters. The molecular weight excluding hydrogens is 258 g/mol. The Kier molecular flexibility index (Phi) is 2.94. The molecule has 0 amide bonds. The van der Waals surface area contributed by atoms with Crippen molar-refractivity contribution in [2.24, 2.45) is 0 Å². The summed E-state index contributed by atoms with van der Waals surface area (Å²) in [6, 6.07) is 5.66. The summed E-state index contributed by atoms with van der Waals surface area (Å²) in [5.41, 5.74) is 5.87. The molecule has 2 aromatic rings. The van der Waals surface area contributed by atoms with Crippen molar-refractivity contribution in [1.29, 1.82) is 0 Å². The predicted molar refractivity (Wildman–Crippen MR) is 65.6 cm³/mol. The van der Waals surface area contributed by atoms with E-state index >= 15 is 0 Å². The standard InChI is InChI=1S/C10H7N3O4S/c11-8-7(10(14)15)12-9(18-8)5-1-3-6(4-2-5)13(16)17/h1-4H,11H2,(H,14,15). The maximum atomic E-state index is 10.8. The van der Waals surface area contributed by atoms with E-state index in [0.29, 0.717) is 10.6 Å². The van der Waals surface area contributed by atoms with Gasteiger partial charge in [0.1, 0.15) is 10.0 Å². The summed E-state index contributed by atoms with van der Waals surface area (Å²) in [5, 5.41) is 19.8. The molecule has 2 rings (SSSR count). The number of nitrogen functional groups attached to an aromatic ring is 1. The highest BCUT2D eigenvalue weighted by Crippen LogP contribution is 2.30. The number of carbonyl (C=O) groups is 1. The monoisotopic (exact) mass is 265 g/mol. The third-order valence-electron chi connectivity index (χ3n) is 2.18. The molecule has 0 aliphatic carbocycles. The minimum absolute atomic E-state index is 0.0401. The number of anilines is 1. The first-order valence-electron chi connectivity index (χ1n) is 4.73. The van der Waals surface area contributed by atoms with Crippen LogP contribution in [0.2, 0.25) is 0 Å². The molecule has 3 N–H and O–H groups in total. The van der Waals surface area contributed by atoms with E-state index < -0.39 is 10.9 Å². The molecule has 1 heterocycles. The number of nitrogens with two attached hydrogens (primary N) is 1. The molecule has 1 aromatic heterocycles. The van der Waals surface area contributed by atoms with Crippen molar-refractivity contribution >= 4 is 28.0 Å². The van der Waals surface area contributed by atoms with Crippen molar-refractivity contribution in [3.8, 4) is 10.6 Å². The second-order valence-corrected chi connectivity index (χ2v) is 4.37. The minimum atomic E-state index is -1.20. The van der Waals surface area contributed by atoms with E-state index in [2.05, 4.69) is 4.98 Å². The van der Waals surface area contributed by atoms with Crippen molar-refractivity contribution in [2.45, 2.75) is 0 Å². The number of aromatic nitrogens is 1. The third kappa shape index (κ3) is 2.13. The lowest BCUT2D eigenvalue weighted by molar-refractivity contribution is -0.384. The van der Waals surface area contributed by atoms with E-state index in [0.717, 1.165) is 11.3 Å². The van der Waals surface area contributed by atoms with Crippen molar-refractivity contribution in [3.05, 3.63) is 40.1 Å². The Morgan fingerprint density at radius 1 is 1.39 bits per heavy atom. The first-order valence-corrected chi connectivity index (χ1v) is 5.55. The van der Waals surface area contributed by atoms with Crippen LogP contribution >= 0.6 is 11.3 Å². The summed E-state index contributed by atoms with van der Waals surface area (Å²) >= 11 is 1.03. The molecule has 1 aromatic carbocycles. The number of thiazole rings is 1. The number of hydrogen-bond acceptors (Lipinski definition) is 6. The van der Waals surface area contributed by atoms with Gasteiger partial charge < -0.3 is 10.8 Å². The Bertz CT molecular complexity index is 621. The lowest BCUT2D eigenvalue weighted by atomic mass is 10.2. The first-order chi connectivity index (χ1) is 8.49. The number of non-ortho nitro benzene ring substituents is 1. The number of hydrogen-bond donors (Lipinski definition) is 2. The van der Waals surface area contributed by atoms with E-state index in [9.17, 15) is 14.9 Å². The second kappa shape index (κ2) is 4.41. The van der Waals surface area contributed by atoms with Gasteiger partial charge in [-0.3, -0.25) is 10.1 Å². The molecule has 0 spiro atoms. The van der Waals surface area contributed by atoms with Gasteiger partial charge in [0.05, 0.1) is 4.92 Å². The van der Waals surface area contributed by atoms with Gasteiger partial charge in [0.15, 0.2) is 5.69 Å². The van der Waals surface area contributed by atoms with Crippen LogP contribution in [-0.4, -0.2) is 21.0 Å². The van der Waals surface area contributed by atoms with Crippen LogP contribution in [0.1, 0.15) is 10.5 Å². The molecule has 0 fully saturated rings. The van der Waals surface area contributed by atoms with Gasteiger partial charge in [-0.15, -0.1) is 0 Å². The maximum Gasteiger partial charge on any atom is 0.357 e. The van der Waals surface area contributed by atoms with E-state index in [1.807, 2.05) is 0 Å². The Morgan fingerprint density at radius 2 is 2.00 bits per heavy atom. The summed E-state index contributed by atoms with van der Waals surface area (Å²) < 4.78 is 0. The molecule has 18 heavy (non-hydrogen) atoms. The van der Waals surface area contributed by atoms with Gasteiger partial charge in [0.2, 0.25) is 0 Å². The summed E-state index contributed by atoms with van der Waals surface area (Å²) in [6.07, 6.45) is 0. The average molecular weight is 265 g/mol. The fourth-order valence-corrected chi connectivity index (χ4v) is 2.16. The fourth-order valence-electron chi connectivity index (χ4n) is 1.33. The quantitative estimate of drug-likeness (QED) is 0.647. The summed E-state index contributed by atoms with van der Waals surface area (Å²) in [6.45, 7) is 0. The van der Waals surface area contributed by atoms with Crippen LogP contribution in [0.4, 0.5) is 10.7 Å². The molecule has 0 unspecified atom stereocenters. The third-order valence-corrected chi connectivity index (χ3v) is 3.11. The van der Waals surface area contributed by atoms with E-state index in [-0.39, 0.29) is 16.4 Å². The second-order valence-electron chi connectivity index (χ2n) is 3.34. The van der Waals surface area contributed by atoms with Gasteiger partial charge in [-0.05, 0) is 12.1 Å². The number of nitro benzene ring substituents is 1. The molecule has 0 radical (unpaired) electrons. The summed E-state index contributed by atoms with van der Waals surface area (Å²) in [7, 11) is 0. The van der Waals surface area contributed by atoms with Crippen molar-refractivity contribution in [2.75, 3.05) is 5.73 Å². The average Bonchev–Trinajstić information content (AvgIpc) is 2.71. The lowest BCUT2D eigenvalue weighted by Gasteiger charge is -1.95. The zero-order valence-electron chi connectivity index (χ0n) is 8.86. The van der Waals surface area contributed by atoms with Gasteiger partial charge in [-0.25, -0.2) is 9.78 Å². The van der Waals surface area contributed by atoms with Crippen molar-refractivity contribution in [1.82, 2.24) is 4.98 Å². The van der Waals surface area contributed by atoms with Crippen LogP contribution in [0.3, 0.4) is 0 Å². The van der Waals surface area contributed by atoms with E-state index in [4.69, 9.17) is 10.8 Å². The number of carboxylic acid groups (broad SMARTS) is 1. The molecule has 7 nitrogen and oxygen atoms in total. The molecule has 0 aliphatic rings. The Morgan fingerprint density at radius 3 is 2.44 bits per heavy atom. The van der Waals surface area contributed by atoms with Gasteiger partial charge >= 0.3 is 5.97 Å². The molecule has 8 heteroatoms. The van der Waals surface area contributed by atoms with Crippen LogP contribution in [0, 0.1) is 10.1 Å². The highest BCUT2D eigenvalue weighted by Gasteiger charge is 2.16. The summed E-state index contributed by atoms with van der Waals surface area (Å²) in [5.74, 6) is -1.20. The Hall–Kier alpha value is -2.48. The first kappa shape index (κ1) is 12.0. The zero-order chi connectivity index (χ0) is 13.3. The molecule has 0 saturated heterocycles. The molecule has 0 saturated carbocycles. The molecule has 92 valence electrons. The van der Waals surface area contributed by atoms with Gasteiger partial charge in [0, 0.05) is 17.7 Å². The molecule has 0 bridgehead atoms. The molecule has 0 aliphatic heterocycles. The number of nitro groups is 1. The predicted octanol–water partition coefficient (Wildman–Crippen LogP) is 2.00. The maximum absolute atomic E-state index is 10.8. The fraction of sp³-hybridized carbons (Fsp3) is 0. The number of nitrogens with zero attached hydrogens (tertiary/aromatic N) is 2. The van der Waals surface area contributed by atoms with Crippen molar-refractivity contribution < 1.29 is 14.8 Å². The van der Waals surface area contributed by atoms with Crippen LogP contribution in [0.25, 0.3) is 10.6 Å². The highest BCUT2D eigenvalue weighted by atomic mass is 32.1. The minimum Gasteiger partial charge on any atom is -0.476 e. The van der Waals surface area contributed by atoms with Gasteiger partial charge in [-0.1, -0.05) is 11.3 Å². The topological polar surface area (TPSA) is 119 Å². The van der Waals surface area contributed by atoms with Crippen LogP contribution < -0.4 is 5.73 Å². The number of rotatable bonds is 3. The largest absolute Gasteiger partial charge is 0.476 e. The highest BCUT2D eigenvalue weighted by molar-refractivity contribution is 7.19. The van der Waals surface area contributed by atoms with Crippen LogP contribution in [-0.2, 0) is 0 Å². The smallest absolute Gasteiger partial charge is 0.357 e.